The number of nitrogens with zero attached hydrogens (tertiary/aromatic N) is 2. The Morgan fingerprint density at radius 1 is 1.59 bits per heavy atom. The number of nitrogen functional groups attached to an aromatic ring is 1. The van der Waals surface area contributed by atoms with Crippen LogP contribution in [0.2, 0.25) is 0 Å². The second kappa shape index (κ2) is 4.54. The molecule has 5 N–H and O–H groups in total. The highest BCUT2D eigenvalue weighted by molar-refractivity contribution is 5.57. The van der Waals surface area contributed by atoms with E-state index in [0.29, 0.717) is 18.3 Å². The first-order chi connectivity index (χ1) is 8.08. The van der Waals surface area contributed by atoms with E-state index in [4.69, 9.17) is 11.5 Å². The Bertz CT molecular complexity index is 433. The quantitative estimate of drug-likeness (QED) is 0.512. The van der Waals surface area contributed by atoms with Gasteiger partial charge in [0, 0.05) is 18.7 Å². The highest BCUT2D eigenvalue weighted by atomic mass is 16.6. The minimum atomic E-state index is -0.554. The lowest BCUT2D eigenvalue weighted by Crippen LogP contribution is -2.31. The lowest BCUT2D eigenvalue weighted by atomic mass is 10.2. The molecule has 17 heavy (non-hydrogen) atoms. The molecule has 0 aliphatic heterocycles. The molecule has 0 aromatic carbocycles. The predicted molar refractivity (Wildman–Crippen MR) is 64.5 cm³/mol. The van der Waals surface area contributed by atoms with Crippen molar-refractivity contribution < 1.29 is 4.92 Å². The zero-order valence-corrected chi connectivity index (χ0v) is 9.30. The first kappa shape index (κ1) is 11.6. The third-order valence-electron chi connectivity index (χ3n) is 2.85. The first-order valence-corrected chi connectivity index (χ1v) is 5.48. The van der Waals surface area contributed by atoms with E-state index in [1.807, 2.05) is 0 Å². The van der Waals surface area contributed by atoms with Gasteiger partial charge in [0.2, 0.25) is 5.82 Å². The molecule has 0 spiro atoms. The molecule has 1 atom stereocenters. The van der Waals surface area contributed by atoms with Crippen LogP contribution in [0.5, 0.6) is 0 Å². The van der Waals surface area contributed by atoms with Crippen LogP contribution in [0.4, 0.5) is 17.3 Å². The van der Waals surface area contributed by atoms with E-state index >= 15 is 0 Å². The number of hydrogen-bond donors (Lipinski definition) is 3. The third-order valence-corrected chi connectivity index (χ3v) is 2.85. The number of pyridine rings is 1. The van der Waals surface area contributed by atoms with E-state index in [9.17, 15) is 10.1 Å². The molecule has 7 nitrogen and oxygen atoms in total. The van der Waals surface area contributed by atoms with E-state index in [0.717, 1.165) is 0 Å². The normalized spacial score (nSPS) is 16.5. The molecule has 1 aliphatic carbocycles. The summed E-state index contributed by atoms with van der Waals surface area (Å²) < 4.78 is 0. The van der Waals surface area contributed by atoms with Gasteiger partial charge in [-0.1, -0.05) is 0 Å². The van der Waals surface area contributed by atoms with Crippen LogP contribution in [-0.2, 0) is 0 Å². The summed E-state index contributed by atoms with van der Waals surface area (Å²) in [5, 5.41) is 13.6. The maximum Gasteiger partial charge on any atom is 0.311 e. The zero-order valence-electron chi connectivity index (χ0n) is 9.30. The molecular weight excluding hydrogens is 222 g/mol. The van der Waals surface area contributed by atoms with Crippen LogP contribution in [0.25, 0.3) is 0 Å². The van der Waals surface area contributed by atoms with Crippen LogP contribution >= 0.6 is 0 Å². The standard InChI is InChI=1S/C10H15N5O2/c11-7(6-1-2-6)5-13-9-4-3-8(15(16)17)10(12)14-9/h3-4,6-7H,1-2,5,11H2,(H3,12,13,14). The maximum absolute atomic E-state index is 10.5. The Morgan fingerprint density at radius 2 is 2.29 bits per heavy atom. The Hall–Kier alpha value is -1.89. The van der Waals surface area contributed by atoms with Gasteiger partial charge in [0.05, 0.1) is 4.92 Å². The summed E-state index contributed by atoms with van der Waals surface area (Å²) in [6, 6.07) is 2.98. The van der Waals surface area contributed by atoms with Gasteiger partial charge in [-0.15, -0.1) is 0 Å². The van der Waals surface area contributed by atoms with Gasteiger partial charge in [0.1, 0.15) is 5.82 Å². The number of nitrogens with one attached hydrogen (secondary N) is 1. The summed E-state index contributed by atoms with van der Waals surface area (Å²) >= 11 is 0. The molecule has 2 rings (SSSR count). The van der Waals surface area contributed by atoms with Gasteiger partial charge in [0.25, 0.3) is 0 Å². The molecule has 7 heteroatoms. The predicted octanol–water partition coefficient (Wildman–Crippen LogP) is 0.721. The molecule has 1 saturated carbocycles. The highest BCUT2D eigenvalue weighted by Gasteiger charge is 2.28. The van der Waals surface area contributed by atoms with Gasteiger partial charge in [-0.25, -0.2) is 4.98 Å². The van der Waals surface area contributed by atoms with E-state index in [1.165, 1.54) is 25.0 Å². The zero-order chi connectivity index (χ0) is 12.4. The van der Waals surface area contributed by atoms with Crippen molar-refractivity contribution in [2.24, 2.45) is 11.7 Å². The Morgan fingerprint density at radius 3 is 2.82 bits per heavy atom. The van der Waals surface area contributed by atoms with Crippen molar-refractivity contribution in [3.05, 3.63) is 22.2 Å². The summed E-state index contributed by atoms with van der Waals surface area (Å²) in [7, 11) is 0. The Kier molecular flexibility index (Phi) is 3.10. The average Bonchev–Trinajstić information content (AvgIpc) is 3.09. The molecule has 1 unspecified atom stereocenters. The van der Waals surface area contributed by atoms with Crippen LogP contribution in [-0.4, -0.2) is 22.5 Å². The second-order valence-electron chi connectivity index (χ2n) is 4.24. The van der Waals surface area contributed by atoms with Gasteiger partial charge >= 0.3 is 5.69 Å². The van der Waals surface area contributed by atoms with E-state index in [-0.39, 0.29) is 17.5 Å². The number of hydrogen-bond acceptors (Lipinski definition) is 6. The molecule has 1 aromatic heterocycles. The molecule has 0 bridgehead atoms. The van der Waals surface area contributed by atoms with Crippen LogP contribution in [0.1, 0.15) is 12.8 Å². The SMILES string of the molecule is Nc1nc(NCC(N)C2CC2)ccc1[N+](=O)[O-]. The van der Waals surface area contributed by atoms with Crippen molar-refractivity contribution in [2.45, 2.75) is 18.9 Å². The molecule has 1 aromatic rings. The number of nitro groups is 1. The molecule has 0 saturated heterocycles. The molecule has 1 aliphatic rings. The van der Waals surface area contributed by atoms with Gasteiger partial charge in [-0.05, 0) is 24.8 Å². The van der Waals surface area contributed by atoms with Gasteiger partial charge in [0.15, 0.2) is 0 Å². The average molecular weight is 237 g/mol. The minimum absolute atomic E-state index is 0.0833. The van der Waals surface area contributed by atoms with E-state index < -0.39 is 4.92 Å². The summed E-state index contributed by atoms with van der Waals surface area (Å²) in [4.78, 5) is 13.9. The minimum Gasteiger partial charge on any atom is -0.378 e. The smallest absolute Gasteiger partial charge is 0.311 e. The fourth-order valence-corrected chi connectivity index (χ4v) is 1.63. The second-order valence-corrected chi connectivity index (χ2v) is 4.24. The molecule has 1 fully saturated rings. The fourth-order valence-electron chi connectivity index (χ4n) is 1.63. The number of nitrogens with two attached hydrogens (primary N) is 2. The molecule has 92 valence electrons. The summed E-state index contributed by atoms with van der Waals surface area (Å²) in [5.74, 6) is 1.03. The van der Waals surface area contributed by atoms with Gasteiger partial charge in [-0.2, -0.15) is 0 Å². The van der Waals surface area contributed by atoms with Crippen molar-refractivity contribution in [3.63, 3.8) is 0 Å². The lowest BCUT2D eigenvalue weighted by Gasteiger charge is -2.12. The van der Waals surface area contributed by atoms with Gasteiger partial charge < -0.3 is 16.8 Å². The van der Waals surface area contributed by atoms with Crippen LogP contribution < -0.4 is 16.8 Å². The van der Waals surface area contributed by atoms with Crippen molar-refractivity contribution in [1.82, 2.24) is 4.98 Å². The molecule has 0 radical (unpaired) electrons. The van der Waals surface area contributed by atoms with Crippen molar-refractivity contribution in [1.29, 1.82) is 0 Å². The van der Waals surface area contributed by atoms with E-state index in [1.54, 1.807) is 0 Å². The van der Waals surface area contributed by atoms with Crippen LogP contribution in [0, 0.1) is 16.0 Å². The first-order valence-electron chi connectivity index (χ1n) is 5.48. The van der Waals surface area contributed by atoms with E-state index in [2.05, 4.69) is 10.3 Å². The van der Waals surface area contributed by atoms with Crippen molar-refractivity contribution in [3.8, 4) is 0 Å². The summed E-state index contributed by atoms with van der Waals surface area (Å²) in [6.45, 7) is 0.606. The Labute approximate surface area is 98.4 Å². The maximum atomic E-state index is 10.5. The number of rotatable bonds is 5. The van der Waals surface area contributed by atoms with Crippen molar-refractivity contribution >= 4 is 17.3 Å². The lowest BCUT2D eigenvalue weighted by molar-refractivity contribution is -0.384. The largest absolute Gasteiger partial charge is 0.378 e. The van der Waals surface area contributed by atoms with Crippen LogP contribution in [0.3, 0.4) is 0 Å². The molecular formula is C10H15N5O2. The number of aromatic nitrogens is 1. The van der Waals surface area contributed by atoms with Gasteiger partial charge in [-0.3, -0.25) is 10.1 Å². The molecule has 0 amide bonds. The summed E-state index contributed by atoms with van der Waals surface area (Å²) in [6.07, 6.45) is 2.36. The Balaban J connectivity index is 1.97. The summed E-state index contributed by atoms with van der Waals surface area (Å²) in [5.41, 5.74) is 11.2. The highest BCUT2D eigenvalue weighted by Crippen LogP contribution is 2.31. The van der Waals surface area contributed by atoms with Crippen molar-refractivity contribution in [2.75, 3.05) is 17.6 Å². The number of anilines is 2. The fraction of sp³-hybridized carbons (Fsp3) is 0.500. The third kappa shape index (κ3) is 2.82. The topological polar surface area (TPSA) is 120 Å². The monoisotopic (exact) mass is 237 g/mol. The molecule has 1 heterocycles. The van der Waals surface area contributed by atoms with Crippen LogP contribution in [0.15, 0.2) is 12.1 Å².